The third-order valence-electron chi connectivity index (χ3n) is 4.13. The van der Waals surface area contributed by atoms with Gasteiger partial charge in [-0.15, -0.1) is 0 Å². The minimum Gasteiger partial charge on any atom is -0.497 e. The molecule has 0 aliphatic heterocycles. The van der Waals surface area contributed by atoms with Crippen LogP contribution >= 0.6 is 0 Å². The van der Waals surface area contributed by atoms with Crippen LogP contribution in [0.4, 0.5) is 0 Å². The third-order valence-corrected chi connectivity index (χ3v) is 4.13. The summed E-state index contributed by atoms with van der Waals surface area (Å²) >= 11 is 0. The molecule has 0 radical (unpaired) electrons. The van der Waals surface area contributed by atoms with Gasteiger partial charge in [0.1, 0.15) is 11.4 Å². The van der Waals surface area contributed by atoms with Gasteiger partial charge in [0, 0.05) is 38.1 Å². The zero-order valence-corrected chi connectivity index (χ0v) is 14.9. The maximum absolute atomic E-state index is 12.7. The Bertz CT molecular complexity index is 988. The average molecular weight is 355 g/mol. The number of imidazole rings is 1. The highest BCUT2D eigenvalue weighted by atomic mass is 16.5. The van der Waals surface area contributed by atoms with E-state index < -0.39 is 0 Å². The van der Waals surface area contributed by atoms with Gasteiger partial charge in [0.2, 0.25) is 5.65 Å². The van der Waals surface area contributed by atoms with E-state index >= 15 is 0 Å². The second-order valence-corrected chi connectivity index (χ2v) is 5.82. The molecule has 2 N–H and O–H groups in total. The van der Waals surface area contributed by atoms with Crippen molar-refractivity contribution in [2.45, 2.75) is 0 Å². The largest absolute Gasteiger partial charge is 0.497 e. The number of carbonyl (C=O) groups is 1. The van der Waals surface area contributed by atoms with Gasteiger partial charge in [0.05, 0.1) is 12.8 Å². The number of carbonyl (C=O) groups excluding carboxylic acids is 1. The summed E-state index contributed by atoms with van der Waals surface area (Å²) in [6.07, 6.45) is 3.36. The Balaban J connectivity index is 2.00. The molecule has 3 aromatic rings. The van der Waals surface area contributed by atoms with Gasteiger partial charge in [0.15, 0.2) is 0 Å². The van der Waals surface area contributed by atoms with Gasteiger partial charge in [0.25, 0.3) is 11.5 Å². The standard InChI is InChI=1S/C18H21N5O3/c1-19-8-9-20-17(24)14-10-23-11-15(22(2)18(25)16(23)21-14)12-4-6-13(26-3)7-5-12/h4-7,10-11,19H,8-9H2,1-3H3,(H,20,24). The van der Waals surface area contributed by atoms with E-state index in [4.69, 9.17) is 4.74 Å². The van der Waals surface area contributed by atoms with Gasteiger partial charge in [-0.1, -0.05) is 0 Å². The number of nitrogens with one attached hydrogen (secondary N) is 2. The summed E-state index contributed by atoms with van der Waals surface area (Å²) in [6.45, 7) is 1.14. The summed E-state index contributed by atoms with van der Waals surface area (Å²) in [5.74, 6) is 0.431. The predicted octanol–water partition coefficient (Wildman–Crippen LogP) is 0.658. The van der Waals surface area contributed by atoms with E-state index in [9.17, 15) is 9.59 Å². The maximum atomic E-state index is 12.7. The quantitative estimate of drug-likeness (QED) is 0.634. The van der Waals surface area contributed by atoms with Crippen molar-refractivity contribution >= 4 is 11.6 Å². The van der Waals surface area contributed by atoms with Crippen molar-refractivity contribution in [2.24, 2.45) is 7.05 Å². The van der Waals surface area contributed by atoms with Crippen LogP contribution in [0, 0.1) is 0 Å². The number of rotatable bonds is 6. The Labute approximate surface area is 150 Å². The lowest BCUT2D eigenvalue weighted by atomic mass is 10.1. The molecule has 0 fully saturated rings. The Hall–Kier alpha value is -3.13. The third kappa shape index (κ3) is 3.31. The molecular formula is C18H21N5O3. The van der Waals surface area contributed by atoms with Crippen molar-refractivity contribution in [3.05, 3.63) is 52.7 Å². The van der Waals surface area contributed by atoms with Crippen LogP contribution in [-0.2, 0) is 7.05 Å². The van der Waals surface area contributed by atoms with Crippen LogP contribution in [0.3, 0.4) is 0 Å². The summed E-state index contributed by atoms with van der Waals surface area (Å²) in [5.41, 5.74) is 1.73. The van der Waals surface area contributed by atoms with Gasteiger partial charge >= 0.3 is 0 Å². The van der Waals surface area contributed by atoms with Crippen molar-refractivity contribution in [1.29, 1.82) is 0 Å². The zero-order valence-electron chi connectivity index (χ0n) is 14.9. The fourth-order valence-corrected chi connectivity index (χ4v) is 2.66. The van der Waals surface area contributed by atoms with E-state index in [1.165, 1.54) is 4.57 Å². The number of likely N-dealkylation sites (N-methyl/N-ethyl adjacent to an activating group) is 1. The molecule has 0 saturated carbocycles. The van der Waals surface area contributed by atoms with Crippen molar-refractivity contribution in [3.8, 4) is 17.0 Å². The summed E-state index contributed by atoms with van der Waals surface area (Å²) in [6, 6.07) is 7.42. The first-order chi connectivity index (χ1) is 12.5. The molecule has 0 bridgehead atoms. The van der Waals surface area contributed by atoms with Crippen LogP contribution in [0.25, 0.3) is 16.9 Å². The molecule has 0 spiro atoms. The molecule has 0 atom stereocenters. The summed E-state index contributed by atoms with van der Waals surface area (Å²) < 4.78 is 8.28. The van der Waals surface area contributed by atoms with E-state index in [1.807, 2.05) is 31.3 Å². The molecule has 0 aliphatic rings. The fraction of sp³-hybridized carbons (Fsp3) is 0.278. The molecule has 2 heterocycles. The van der Waals surface area contributed by atoms with Crippen molar-refractivity contribution in [2.75, 3.05) is 27.2 Å². The first kappa shape index (κ1) is 17.7. The van der Waals surface area contributed by atoms with Crippen molar-refractivity contribution in [3.63, 3.8) is 0 Å². The highest BCUT2D eigenvalue weighted by Crippen LogP contribution is 2.21. The van der Waals surface area contributed by atoms with Crippen LogP contribution in [-0.4, -0.2) is 47.1 Å². The number of fused-ring (bicyclic) bond motifs is 1. The molecule has 0 saturated heterocycles. The van der Waals surface area contributed by atoms with Gasteiger partial charge in [-0.3, -0.25) is 14.0 Å². The van der Waals surface area contributed by atoms with Crippen molar-refractivity contribution < 1.29 is 9.53 Å². The topological polar surface area (TPSA) is 89.7 Å². The lowest BCUT2D eigenvalue weighted by Crippen LogP contribution is -2.30. The fourth-order valence-electron chi connectivity index (χ4n) is 2.66. The normalized spacial score (nSPS) is 10.9. The molecule has 0 unspecified atom stereocenters. The number of amides is 1. The minimum atomic E-state index is -0.308. The lowest BCUT2D eigenvalue weighted by Gasteiger charge is -2.09. The lowest BCUT2D eigenvalue weighted by molar-refractivity contribution is 0.0950. The molecule has 8 heteroatoms. The Morgan fingerprint density at radius 2 is 1.92 bits per heavy atom. The summed E-state index contributed by atoms with van der Waals surface area (Å²) in [7, 11) is 5.09. The highest BCUT2D eigenvalue weighted by molar-refractivity contribution is 5.92. The van der Waals surface area contributed by atoms with E-state index in [1.54, 1.807) is 31.0 Å². The van der Waals surface area contributed by atoms with Crippen LogP contribution in [0.15, 0.2) is 41.5 Å². The maximum Gasteiger partial charge on any atom is 0.294 e. The van der Waals surface area contributed by atoms with Crippen molar-refractivity contribution in [1.82, 2.24) is 24.6 Å². The van der Waals surface area contributed by atoms with E-state index in [0.717, 1.165) is 11.3 Å². The van der Waals surface area contributed by atoms with E-state index in [2.05, 4.69) is 15.6 Å². The molecule has 2 aromatic heterocycles. The molecule has 3 rings (SSSR count). The molecular weight excluding hydrogens is 334 g/mol. The van der Waals surface area contributed by atoms with Crippen LogP contribution in [0.1, 0.15) is 10.5 Å². The van der Waals surface area contributed by atoms with Gasteiger partial charge in [-0.2, -0.15) is 0 Å². The number of hydrogen-bond acceptors (Lipinski definition) is 5. The molecule has 136 valence electrons. The molecule has 1 amide bonds. The molecule has 1 aromatic carbocycles. The number of ether oxygens (including phenoxy) is 1. The summed E-state index contributed by atoms with van der Waals surface area (Å²) in [5, 5.41) is 5.70. The first-order valence-electron chi connectivity index (χ1n) is 8.21. The Morgan fingerprint density at radius 3 is 2.58 bits per heavy atom. The number of benzene rings is 1. The zero-order chi connectivity index (χ0) is 18.7. The van der Waals surface area contributed by atoms with E-state index in [-0.39, 0.29) is 22.8 Å². The highest BCUT2D eigenvalue weighted by Gasteiger charge is 2.15. The number of aromatic nitrogens is 3. The van der Waals surface area contributed by atoms with Gasteiger partial charge in [-0.05, 0) is 31.3 Å². The van der Waals surface area contributed by atoms with Gasteiger partial charge in [-0.25, -0.2) is 4.98 Å². The minimum absolute atomic E-state index is 0.212. The second kappa shape index (κ2) is 7.40. The monoisotopic (exact) mass is 355 g/mol. The molecule has 0 aliphatic carbocycles. The average Bonchev–Trinajstić information content (AvgIpc) is 3.09. The smallest absolute Gasteiger partial charge is 0.294 e. The molecule has 8 nitrogen and oxygen atoms in total. The van der Waals surface area contributed by atoms with Crippen LogP contribution < -0.4 is 20.9 Å². The number of methoxy groups -OCH3 is 1. The second-order valence-electron chi connectivity index (χ2n) is 5.82. The predicted molar refractivity (Wildman–Crippen MR) is 98.7 cm³/mol. The first-order valence-corrected chi connectivity index (χ1v) is 8.21. The van der Waals surface area contributed by atoms with Crippen LogP contribution in [0.2, 0.25) is 0 Å². The van der Waals surface area contributed by atoms with E-state index in [0.29, 0.717) is 18.8 Å². The Morgan fingerprint density at radius 1 is 1.19 bits per heavy atom. The van der Waals surface area contributed by atoms with Crippen LogP contribution in [0.5, 0.6) is 5.75 Å². The summed E-state index contributed by atoms with van der Waals surface area (Å²) in [4.78, 5) is 29.0. The Kier molecular flexibility index (Phi) is 5.04. The number of nitrogens with zero attached hydrogens (tertiary/aromatic N) is 3. The molecule has 26 heavy (non-hydrogen) atoms. The van der Waals surface area contributed by atoms with Gasteiger partial charge < -0.3 is 19.9 Å². The SMILES string of the molecule is CNCCNC(=O)c1cn2cc(-c3ccc(OC)cc3)n(C)c(=O)c2n1. The number of hydrogen-bond donors (Lipinski definition) is 2.